The van der Waals surface area contributed by atoms with Crippen molar-refractivity contribution in [2.45, 2.75) is 19.4 Å². The lowest BCUT2D eigenvalue weighted by Gasteiger charge is -2.24. The van der Waals surface area contributed by atoms with Crippen LogP contribution in [-0.2, 0) is 16.0 Å². The summed E-state index contributed by atoms with van der Waals surface area (Å²) in [7, 11) is 0. The van der Waals surface area contributed by atoms with Gasteiger partial charge in [0.15, 0.2) is 11.9 Å². The highest BCUT2D eigenvalue weighted by atomic mass is 16.5. The number of Topliss-reactive ketones (excluding diaryl/α,β-unsaturated/α-hetero) is 1. The SMILES string of the molecule is CC(=O)c1ccccc1NC(=O)C1Cc2ccccc2C(=O)O1. The number of fused-ring (bicyclic) bond motifs is 1. The molecule has 1 aliphatic heterocycles. The quantitative estimate of drug-likeness (QED) is 0.699. The standard InChI is InChI=1S/C18H15NO4/c1-11(20)13-7-4-5-9-15(13)19-17(21)16-10-12-6-2-3-8-14(12)18(22)23-16/h2-9,16H,10H2,1H3,(H,19,21). The van der Waals surface area contributed by atoms with Crippen LogP contribution in [-0.4, -0.2) is 23.8 Å². The summed E-state index contributed by atoms with van der Waals surface area (Å²) in [5.41, 5.74) is 2.10. The number of esters is 1. The molecule has 0 radical (unpaired) electrons. The van der Waals surface area contributed by atoms with Gasteiger partial charge in [0.1, 0.15) is 0 Å². The predicted molar refractivity (Wildman–Crippen MR) is 84.4 cm³/mol. The first kappa shape index (κ1) is 15.0. The molecule has 1 aliphatic rings. The van der Waals surface area contributed by atoms with E-state index in [1.165, 1.54) is 6.92 Å². The van der Waals surface area contributed by atoms with Gasteiger partial charge in [-0.05, 0) is 30.7 Å². The van der Waals surface area contributed by atoms with E-state index in [1.807, 2.05) is 6.07 Å². The Morgan fingerprint density at radius 3 is 2.57 bits per heavy atom. The molecule has 0 bridgehead atoms. The molecular formula is C18H15NO4. The Hall–Kier alpha value is -2.95. The van der Waals surface area contributed by atoms with Crippen molar-refractivity contribution >= 4 is 23.3 Å². The molecule has 0 saturated heterocycles. The minimum atomic E-state index is -0.905. The summed E-state index contributed by atoms with van der Waals surface area (Å²) < 4.78 is 5.21. The summed E-state index contributed by atoms with van der Waals surface area (Å²) in [5.74, 6) is -1.10. The number of rotatable bonds is 3. The lowest BCUT2D eigenvalue weighted by molar-refractivity contribution is -0.125. The average molecular weight is 309 g/mol. The third kappa shape index (κ3) is 2.99. The van der Waals surface area contributed by atoms with E-state index in [2.05, 4.69) is 5.32 Å². The van der Waals surface area contributed by atoms with Crippen molar-refractivity contribution in [2.75, 3.05) is 5.32 Å². The van der Waals surface area contributed by atoms with E-state index in [-0.39, 0.29) is 5.78 Å². The monoisotopic (exact) mass is 309 g/mol. The number of amides is 1. The van der Waals surface area contributed by atoms with Crippen molar-refractivity contribution in [3.63, 3.8) is 0 Å². The molecule has 0 aliphatic carbocycles. The second kappa shape index (κ2) is 6.04. The second-order valence-electron chi connectivity index (χ2n) is 5.35. The van der Waals surface area contributed by atoms with Gasteiger partial charge in [0.2, 0.25) is 0 Å². The summed E-state index contributed by atoms with van der Waals surface area (Å²) in [6.45, 7) is 1.43. The zero-order valence-corrected chi connectivity index (χ0v) is 12.5. The van der Waals surface area contributed by atoms with Gasteiger partial charge in [-0.3, -0.25) is 9.59 Å². The Kier molecular flexibility index (Phi) is 3.93. The topological polar surface area (TPSA) is 72.5 Å². The van der Waals surface area contributed by atoms with Crippen LogP contribution in [0.3, 0.4) is 0 Å². The van der Waals surface area contributed by atoms with Crippen LogP contribution in [0, 0.1) is 0 Å². The fourth-order valence-electron chi connectivity index (χ4n) is 2.59. The lowest BCUT2D eigenvalue weighted by Crippen LogP contribution is -2.38. The molecule has 0 spiro atoms. The number of hydrogen-bond acceptors (Lipinski definition) is 4. The molecule has 1 heterocycles. The number of ether oxygens (including phenoxy) is 1. The molecule has 1 N–H and O–H groups in total. The summed E-state index contributed by atoms with van der Waals surface area (Å²) in [4.78, 5) is 36.0. The van der Waals surface area contributed by atoms with Gasteiger partial charge < -0.3 is 10.1 Å². The Bertz CT molecular complexity index is 797. The van der Waals surface area contributed by atoms with Crippen molar-refractivity contribution in [3.05, 3.63) is 65.2 Å². The third-order valence-electron chi connectivity index (χ3n) is 3.75. The molecule has 2 aromatic rings. The zero-order chi connectivity index (χ0) is 16.4. The van der Waals surface area contributed by atoms with Gasteiger partial charge in [0, 0.05) is 12.0 Å². The fourth-order valence-corrected chi connectivity index (χ4v) is 2.59. The van der Waals surface area contributed by atoms with Crippen LogP contribution in [0.25, 0.3) is 0 Å². The van der Waals surface area contributed by atoms with Crippen LogP contribution in [0.1, 0.15) is 33.2 Å². The van der Waals surface area contributed by atoms with E-state index >= 15 is 0 Å². The smallest absolute Gasteiger partial charge is 0.339 e. The minimum Gasteiger partial charge on any atom is -0.448 e. The van der Waals surface area contributed by atoms with Gasteiger partial charge >= 0.3 is 5.97 Å². The number of carbonyl (C=O) groups is 3. The van der Waals surface area contributed by atoms with Crippen molar-refractivity contribution in [3.8, 4) is 0 Å². The van der Waals surface area contributed by atoms with Gasteiger partial charge in [-0.25, -0.2) is 4.79 Å². The van der Waals surface area contributed by atoms with Crippen molar-refractivity contribution in [2.24, 2.45) is 0 Å². The normalized spacial score (nSPS) is 16.2. The van der Waals surface area contributed by atoms with Crippen LogP contribution in [0.4, 0.5) is 5.69 Å². The molecule has 0 fully saturated rings. The van der Waals surface area contributed by atoms with E-state index in [0.29, 0.717) is 23.2 Å². The molecule has 1 atom stereocenters. The molecule has 5 heteroatoms. The van der Waals surface area contributed by atoms with Gasteiger partial charge in [-0.2, -0.15) is 0 Å². The highest BCUT2D eigenvalue weighted by Gasteiger charge is 2.31. The van der Waals surface area contributed by atoms with E-state index in [4.69, 9.17) is 4.74 Å². The summed E-state index contributed by atoms with van der Waals surface area (Å²) in [6.07, 6.45) is -0.590. The molecule has 1 amide bonds. The largest absolute Gasteiger partial charge is 0.448 e. The van der Waals surface area contributed by atoms with Gasteiger partial charge in [0.25, 0.3) is 5.91 Å². The molecule has 0 aromatic heterocycles. The molecule has 23 heavy (non-hydrogen) atoms. The Morgan fingerprint density at radius 1 is 1.09 bits per heavy atom. The number of para-hydroxylation sites is 1. The maximum atomic E-state index is 12.4. The number of hydrogen-bond donors (Lipinski definition) is 1. The highest BCUT2D eigenvalue weighted by Crippen LogP contribution is 2.22. The molecule has 116 valence electrons. The lowest BCUT2D eigenvalue weighted by atomic mass is 9.98. The van der Waals surface area contributed by atoms with Crippen molar-refractivity contribution < 1.29 is 19.1 Å². The van der Waals surface area contributed by atoms with E-state index in [9.17, 15) is 14.4 Å². The van der Waals surface area contributed by atoms with Gasteiger partial charge in [0.05, 0.1) is 11.3 Å². The summed E-state index contributed by atoms with van der Waals surface area (Å²) in [5, 5.41) is 2.68. The maximum absolute atomic E-state index is 12.4. The number of carbonyl (C=O) groups excluding carboxylic acids is 3. The molecule has 0 saturated carbocycles. The number of nitrogens with one attached hydrogen (secondary N) is 1. The number of anilines is 1. The van der Waals surface area contributed by atoms with E-state index in [1.54, 1.807) is 42.5 Å². The summed E-state index contributed by atoms with van der Waals surface area (Å²) >= 11 is 0. The van der Waals surface area contributed by atoms with Gasteiger partial charge in [-0.15, -0.1) is 0 Å². The van der Waals surface area contributed by atoms with Gasteiger partial charge in [-0.1, -0.05) is 30.3 Å². The molecule has 3 rings (SSSR count). The predicted octanol–water partition coefficient (Wildman–Crippen LogP) is 2.61. The number of cyclic esters (lactones) is 1. The Balaban J connectivity index is 1.81. The van der Waals surface area contributed by atoms with Crippen LogP contribution < -0.4 is 5.32 Å². The Labute approximate surface area is 133 Å². The van der Waals surface area contributed by atoms with Crippen LogP contribution in [0.15, 0.2) is 48.5 Å². The highest BCUT2D eigenvalue weighted by molar-refractivity contribution is 6.05. The first-order chi connectivity index (χ1) is 11.1. The number of benzene rings is 2. The van der Waals surface area contributed by atoms with E-state index < -0.39 is 18.0 Å². The molecule has 2 aromatic carbocycles. The second-order valence-corrected chi connectivity index (χ2v) is 5.35. The Morgan fingerprint density at radius 2 is 1.78 bits per heavy atom. The molecular weight excluding hydrogens is 294 g/mol. The average Bonchev–Trinajstić information content (AvgIpc) is 2.55. The molecule has 1 unspecified atom stereocenters. The summed E-state index contributed by atoms with van der Waals surface area (Å²) in [6, 6.07) is 13.8. The van der Waals surface area contributed by atoms with Crippen LogP contribution >= 0.6 is 0 Å². The fraction of sp³-hybridized carbons (Fsp3) is 0.167. The number of ketones is 1. The van der Waals surface area contributed by atoms with Crippen LogP contribution in [0.2, 0.25) is 0 Å². The minimum absolute atomic E-state index is 0.146. The first-order valence-corrected chi connectivity index (χ1v) is 7.26. The van der Waals surface area contributed by atoms with Crippen LogP contribution in [0.5, 0.6) is 0 Å². The first-order valence-electron chi connectivity index (χ1n) is 7.26. The van der Waals surface area contributed by atoms with Crippen molar-refractivity contribution in [1.29, 1.82) is 0 Å². The molecule has 5 nitrogen and oxygen atoms in total. The zero-order valence-electron chi connectivity index (χ0n) is 12.5. The third-order valence-corrected chi connectivity index (χ3v) is 3.75. The maximum Gasteiger partial charge on any atom is 0.339 e. The van der Waals surface area contributed by atoms with Crippen molar-refractivity contribution in [1.82, 2.24) is 0 Å². The van der Waals surface area contributed by atoms with E-state index in [0.717, 1.165) is 5.56 Å².